The average Bonchev–Trinajstić information content (AvgIpc) is 2.81. The molecule has 1 fully saturated rings. The van der Waals surface area contributed by atoms with E-state index in [0.29, 0.717) is 32.5 Å². The molecule has 1 aliphatic heterocycles. The molecule has 112 valence electrons. The minimum atomic E-state index is -3.43. The number of carbonyl (C=O) groups is 1. The lowest BCUT2D eigenvalue weighted by atomic mass is 9.96. The molecule has 1 aromatic heterocycles. The van der Waals surface area contributed by atoms with E-state index in [9.17, 15) is 13.2 Å². The molecule has 0 atom stereocenters. The molecule has 0 aromatic carbocycles. The Hall–Kier alpha value is -0.920. The van der Waals surface area contributed by atoms with Crippen LogP contribution in [0.25, 0.3) is 0 Å². The Kier molecular flexibility index (Phi) is 4.51. The van der Waals surface area contributed by atoms with Crippen LogP contribution in [-0.2, 0) is 21.2 Å². The summed E-state index contributed by atoms with van der Waals surface area (Å²) in [5.74, 6) is -0.368. The van der Waals surface area contributed by atoms with Crippen molar-refractivity contribution in [3.05, 3.63) is 21.9 Å². The average molecular weight is 316 g/mol. The first kappa shape index (κ1) is 15.5. The van der Waals surface area contributed by atoms with Crippen LogP contribution < -0.4 is 10.6 Å². The third-order valence-electron chi connectivity index (χ3n) is 3.75. The van der Waals surface area contributed by atoms with Gasteiger partial charge in [0.15, 0.2) is 14.6 Å². The van der Waals surface area contributed by atoms with Gasteiger partial charge in [-0.05, 0) is 45.0 Å². The highest BCUT2D eigenvalue weighted by Gasteiger charge is 2.48. The predicted octanol–water partition coefficient (Wildman–Crippen LogP) is 0.840. The summed E-state index contributed by atoms with van der Waals surface area (Å²) in [6.07, 6.45) is 1.83. The summed E-state index contributed by atoms with van der Waals surface area (Å²) in [6, 6.07) is 3.94. The van der Waals surface area contributed by atoms with E-state index in [1.165, 1.54) is 4.88 Å². The van der Waals surface area contributed by atoms with Gasteiger partial charge in [-0.25, -0.2) is 8.42 Å². The molecule has 1 aromatic rings. The zero-order chi connectivity index (χ0) is 14.8. The van der Waals surface area contributed by atoms with E-state index in [1.807, 2.05) is 19.1 Å². The van der Waals surface area contributed by atoms with Gasteiger partial charge in [-0.15, -0.1) is 11.3 Å². The first-order valence-electron chi connectivity index (χ1n) is 6.59. The zero-order valence-electron chi connectivity index (χ0n) is 11.7. The van der Waals surface area contributed by atoms with Gasteiger partial charge in [-0.2, -0.15) is 0 Å². The van der Waals surface area contributed by atoms with Crippen LogP contribution in [0.5, 0.6) is 0 Å². The molecular weight excluding hydrogens is 296 g/mol. The predicted molar refractivity (Wildman–Crippen MR) is 80.6 cm³/mol. The van der Waals surface area contributed by atoms with Crippen LogP contribution in [0.2, 0.25) is 0 Å². The van der Waals surface area contributed by atoms with Crippen LogP contribution in [0.15, 0.2) is 12.1 Å². The van der Waals surface area contributed by atoms with Gasteiger partial charge in [0.1, 0.15) is 0 Å². The fourth-order valence-corrected chi connectivity index (χ4v) is 4.69. The molecule has 2 N–H and O–H groups in total. The van der Waals surface area contributed by atoms with Gasteiger partial charge in [-0.3, -0.25) is 4.79 Å². The van der Waals surface area contributed by atoms with Crippen molar-refractivity contribution in [2.45, 2.75) is 31.1 Å². The molecule has 1 saturated heterocycles. The smallest absolute Gasteiger partial charge is 0.241 e. The fourth-order valence-electron chi connectivity index (χ4n) is 2.51. The standard InChI is InChI=1S/C13H20N2O3S2/c1-10-3-4-11(19-10)9-15-12(16)13(20(2,17)18)5-7-14-8-6-13/h3-4,14H,5-9H2,1-2H3,(H,15,16). The van der Waals surface area contributed by atoms with Crippen molar-refractivity contribution in [2.24, 2.45) is 0 Å². The minimum Gasteiger partial charge on any atom is -0.350 e. The second kappa shape index (κ2) is 5.83. The highest BCUT2D eigenvalue weighted by molar-refractivity contribution is 7.92. The van der Waals surface area contributed by atoms with Crippen molar-refractivity contribution in [3.63, 3.8) is 0 Å². The molecule has 5 nitrogen and oxygen atoms in total. The number of piperidine rings is 1. The Morgan fingerprint density at radius 2 is 2.05 bits per heavy atom. The highest BCUT2D eigenvalue weighted by atomic mass is 32.2. The lowest BCUT2D eigenvalue weighted by Crippen LogP contribution is -2.57. The molecular formula is C13H20N2O3S2. The van der Waals surface area contributed by atoms with Crippen LogP contribution in [0.4, 0.5) is 0 Å². The van der Waals surface area contributed by atoms with Crippen molar-refractivity contribution >= 4 is 27.1 Å². The van der Waals surface area contributed by atoms with E-state index in [-0.39, 0.29) is 5.91 Å². The lowest BCUT2D eigenvalue weighted by molar-refractivity contribution is -0.124. The molecule has 0 spiro atoms. The van der Waals surface area contributed by atoms with Crippen LogP contribution in [0.3, 0.4) is 0 Å². The van der Waals surface area contributed by atoms with Crippen molar-refractivity contribution in [3.8, 4) is 0 Å². The number of thiophene rings is 1. The molecule has 0 unspecified atom stereocenters. The fraction of sp³-hybridized carbons (Fsp3) is 0.615. The summed E-state index contributed by atoms with van der Waals surface area (Å²) in [5.41, 5.74) is 0. The monoisotopic (exact) mass is 316 g/mol. The van der Waals surface area contributed by atoms with E-state index in [4.69, 9.17) is 0 Å². The zero-order valence-corrected chi connectivity index (χ0v) is 13.4. The van der Waals surface area contributed by atoms with Crippen molar-refractivity contribution in [2.75, 3.05) is 19.3 Å². The van der Waals surface area contributed by atoms with Crippen LogP contribution >= 0.6 is 11.3 Å². The number of carbonyl (C=O) groups excluding carboxylic acids is 1. The maximum Gasteiger partial charge on any atom is 0.241 e. The molecule has 0 aliphatic carbocycles. The molecule has 1 amide bonds. The van der Waals surface area contributed by atoms with Gasteiger partial charge in [0, 0.05) is 16.0 Å². The number of sulfone groups is 1. The molecule has 2 rings (SSSR count). The molecule has 1 aliphatic rings. The van der Waals surface area contributed by atoms with Crippen molar-refractivity contribution < 1.29 is 13.2 Å². The Labute approximate surface area is 123 Å². The summed E-state index contributed by atoms with van der Waals surface area (Å²) < 4.78 is 22.9. The minimum absolute atomic E-state index is 0.334. The van der Waals surface area contributed by atoms with Crippen molar-refractivity contribution in [1.29, 1.82) is 0 Å². The Balaban J connectivity index is 2.11. The lowest BCUT2D eigenvalue weighted by Gasteiger charge is -2.34. The summed E-state index contributed by atoms with van der Waals surface area (Å²) >= 11 is 1.61. The van der Waals surface area contributed by atoms with E-state index in [2.05, 4.69) is 10.6 Å². The summed E-state index contributed by atoms with van der Waals surface area (Å²) in [7, 11) is -3.43. The summed E-state index contributed by atoms with van der Waals surface area (Å²) in [5, 5.41) is 5.90. The van der Waals surface area contributed by atoms with Gasteiger partial charge in [0.2, 0.25) is 5.91 Å². The number of nitrogens with one attached hydrogen (secondary N) is 2. The molecule has 0 radical (unpaired) electrons. The normalized spacial score (nSPS) is 18.7. The molecule has 0 saturated carbocycles. The Bertz CT molecular complexity index is 587. The van der Waals surface area contributed by atoms with Gasteiger partial charge >= 0.3 is 0 Å². The topological polar surface area (TPSA) is 75.3 Å². The first-order valence-corrected chi connectivity index (χ1v) is 9.30. The van der Waals surface area contributed by atoms with Gasteiger partial charge in [0.25, 0.3) is 0 Å². The van der Waals surface area contributed by atoms with Crippen LogP contribution in [0, 0.1) is 6.92 Å². The number of aryl methyl sites for hydroxylation is 1. The van der Waals surface area contributed by atoms with Crippen LogP contribution in [-0.4, -0.2) is 38.4 Å². The highest BCUT2D eigenvalue weighted by Crippen LogP contribution is 2.28. The molecule has 2 heterocycles. The summed E-state index contributed by atoms with van der Waals surface area (Å²) in [6.45, 7) is 3.50. The molecule has 7 heteroatoms. The van der Waals surface area contributed by atoms with E-state index in [0.717, 1.165) is 11.1 Å². The first-order chi connectivity index (χ1) is 9.35. The van der Waals surface area contributed by atoms with E-state index < -0.39 is 14.6 Å². The number of rotatable bonds is 4. The van der Waals surface area contributed by atoms with Crippen LogP contribution in [0.1, 0.15) is 22.6 Å². The van der Waals surface area contributed by atoms with E-state index >= 15 is 0 Å². The molecule has 0 bridgehead atoms. The number of amides is 1. The number of hydrogen-bond acceptors (Lipinski definition) is 5. The second-order valence-electron chi connectivity index (χ2n) is 5.21. The largest absolute Gasteiger partial charge is 0.350 e. The second-order valence-corrected chi connectivity index (χ2v) is 8.91. The van der Waals surface area contributed by atoms with Gasteiger partial charge in [0.05, 0.1) is 6.54 Å². The molecule has 20 heavy (non-hydrogen) atoms. The number of hydrogen-bond donors (Lipinski definition) is 2. The van der Waals surface area contributed by atoms with Crippen molar-refractivity contribution in [1.82, 2.24) is 10.6 Å². The quantitative estimate of drug-likeness (QED) is 0.863. The third kappa shape index (κ3) is 3.05. The maximum atomic E-state index is 12.4. The summed E-state index contributed by atoms with van der Waals surface area (Å²) in [4.78, 5) is 14.6. The van der Waals surface area contributed by atoms with E-state index in [1.54, 1.807) is 11.3 Å². The Morgan fingerprint density at radius 1 is 1.40 bits per heavy atom. The third-order valence-corrected chi connectivity index (χ3v) is 6.77. The SMILES string of the molecule is Cc1ccc(CNC(=O)C2(S(C)(=O)=O)CCNCC2)s1. The van der Waals surface area contributed by atoms with Gasteiger partial charge in [-0.1, -0.05) is 0 Å². The maximum absolute atomic E-state index is 12.4. The van der Waals surface area contributed by atoms with Gasteiger partial charge < -0.3 is 10.6 Å². The Morgan fingerprint density at radius 3 is 2.55 bits per heavy atom.